The van der Waals surface area contributed by atoms with Crippen LogP contribution < -0.4 is 9.64 Å². The molecule has 1 unspecified atom stereocenters. The summed E-state index contributed by atoms with van der Waals surface area (Å²) in [6, 6.07) is 7.72. The number of benzene rings is 1. The molecule has 3 nitrogen and oxygen atoms in total. The molecular formula is C15H20ClNO2. The Bertz CT molecular complexity index is 436. The Labute approximate surface area is 119 Å². The smallest absolute Gasteiger partial charge is 0.267 e. The summed E-state index contributed by atoms with van der Waals surface area (Å²) in [5.74, 6) is 1.57. The van der Waals surface area contributed by atoms with Gasteiger partial charge >= 0.3 is 0 Å². The molecule has 104 valence electrons. The summed E-state index contributed by atoms with van der Waals surface area (Å²) in [6.07, 6.45) is 3.89. The Hall–Kier alpha value is -1.22. The number of carbonyl (C=O) groups excluding carboxylic acids is 1. The normalized spacial score (nSPS) is 18.1. The first-order valence-corrected chi connectivity index (χ1v) is 7.40. The number of ether oxygens (including phenoxy) is 1. The second kappa shape index (κ2) is 6.80. The lowest BCUT2D eigenvalue weighted by atomic mass is 10.1. The first kappa shape index (κ1) is 14.2. The van der Waals surface area contributed by atoms with Gasteiger partial charge in [-0.2, -0.15) is 0 Å². The fourth-order valence-electron chi connectivity index (χ4n) is 2.31. The molecule has 1 amide bonds. The van der Waals surface area contributed by atoms with Crippen molar-refractivity contribution in [3.05, 3.63) is 24.3 Å². The molecule has 1 aromatic carbocycles. The summed E-state index contributed by atoms with van der Waals surface area (Å²) in [5, 5.41) is 0. The largest absolute Gasteiger partial charge is 0.479 e. The van der Waals surface area contributed by atoms with E-state index in [9.17, 15) is 4.79 Å². The van der Waals surface area contributed by atoms with Crippen LogP contribution in [0.4, 0.5) is 5.69 Å². The number of nitrogens with zero attached hydrogens (tertiary/aromatic N) is 1. The van der Waals surface area contributed by atoms with E-state index < -0.39 is 6.10 Å². The number of alkyl halides is 1. The Balaban J connectivity index is 2.00. The summed E-state index contributed by atoms with van der Waals surface area (Å²) in [4.78, 5) is 14.0. The predicted octanol–water partition coefficient (Wildman–Crippen LogP) is 3.60. The van der Waals surface area contributed by atoms with Crippen LogP contribution in [0.2, 0.25) is 0 Å². The van der Waals surface area contributed by atoms with Gasteiger partial charge in [-0.15, -0.1) is 11.6 Å². The zero-order valence-electron chi connectivity index (χ0n) is 11.3. The van der Waals surface area contributed by atoms with E-state index >= 15 is 0 Å². The molecule has 1 aliphatic heterocycles. The molecule has 0 radical (unpaired) electrons. The number of carbonyl (C=O) groups is 1. The van der Waals surface area contributed by atoms with Crippen molar-refractivity contribution < 1.29 is 9.53 Å². The van der Waals surface area contributed by atoms with E-state index in [4.69, 9.17) is 16.3 Å². The van der Waals surface area contributed by atoms with Crippen molar-refractivity contribution in [2.45, 2.75) is 38.7 Å². The van der Waals surface area contributed by atoms with Crippen LogP contribution in [0, 0.1) is 0 Å². The van der Waals surface area contributed by atoms with Gasteiger partial charge in [0.1, 0.15) is 5.75 Å². The van der Waals surface area contributed by atoms with Crippen molar-refractivity contribution in [3.63, 3.8) is 0 Å². The number of rotatable bonds is 6. The zero-order chi connectivity index (χ0) is 13.7. The molecule has 1 aromatic rings. The third-order valence-electron chi connectivity index (χ3n) is 3.34. The maximum absolute atomic E-state index is 12.2. The second-order valence-electron chi connectivity index (χ2n) is 4.82. The highest BCUT2D eigenvalue weighted by Crippen LogP contribution is 2.33. The number of para-hydroxylation sites is 2. The highest BCUT2D eigenvalue weighted by Gasteiger charge is 2.30. The number of hydrogen-bond acceptors (Lipinski definition) is 2. The molecule has 0 saturated heterocycles. The molecule has 0 fully saturated rings. The van der Waals surface area contributed by atoms with Crippen LogP contribution in [0.3, 0.4) is 0 Å². The minimum Gasteiger partial charge on any atom is -0.479 e. The third kappa shape index (κ3) is 3.41. The van der Waals surface area contributed by atoms with Gasteiger partial charge in [0.2, 0.25) is 0 Å². The Morgan fingerprint density at radius 2 is 1.95 bits per heavy atom. The maximum atomic E-state index is 12.2. The molecule has 0 saturated carbocycles. The molecule has 1 aliphatic rings. The second-order valence-corrected chi connectivity index (χ2v) is 5.20. The molecule has 19 heavy (non-hydrogen) atoms. The fraction of sp³-hybridized carbons (Fsp3) is 0.533. The van der Waals surface area contributed by atoms with Gasteiger partial charge in [0.25, 0.3) is 5.91 Å². The minimum absolute atomic E-state index is 0.0519. The van der Waals surface area contributed by atoms with E-state index in [0.717, 1.165) is 49.5 Å². The topological polar surface area (TPSA) is 29.5 Å². The average Bonchev–Trinajstić information content (AvgIpc) is 2.42. The van der Waals surface area contributed by atoms with Gasteiger partial charge in [0.05, 0.1) is 5.69 Å². The average molecular weight is 282 g/mol. The lowest BCUT2D eigenvalue weighted by Gasteiger charge is -2.33. The molecule has 0 aromatic heterocycles. The number of anilines is 1. The highest BCUT2D eigenvalue weighted by atomic mass is 35.5. The number of fused-ring (bicyclic) bond motifs is 1. The fourth-order valence-corrected chi connectivity index (χ4v) is 2.50. The summed E-state index contributed by atoms with van der Waals surface area (Å²) >= 11 is 5.66. The molecule has 4 heteroatoms. The van der Waals surface area contributed by atoms with Crippen molar-refractivity contribution in [1.82, 2.24) is 0 Å². The Morgan fingerprint density at radius 1 is 1.21 bits per heavy atom. The van der Waals surface area contributed by atoms with Crippen molar-refractivity contribution in [3.8, 4) is 5.75 Å². The van der Waals surface area contributed by atoms with E-state index in [2.05, 4.69) is 0 Å². The Morgan fingerprint density at radius 3 is 2.74 bits per heavy atom. The third-order valence-corrected chi connectivity index (χ3v) is 3.61. The molecule has 0 bridgehead atoms. The van der Waals surface area contributed by atoms with Gasteiger partial charge in [-0.3, -0.25) is 4.79 Å². The summed E-state index contributed by atoms with van der Waals surface area (Å²) in [5.41, 5.74) is 0.892. The number of hydrogen-bond donors (Lipinski definition) is 0. The van der Waals surface area contributed by atoms with Crippen molar-refractivity contribution in [2.24, 2.45) is 0 Å². The molecule has 0 N–H and O–H groups in total. The van der Waals surface area contributed by atoms with Crippen LogP contribution in [-0.4, -0.2) is 24.4 Å². The van der Waals surface area contributed by atoms with E-state index in [0.29, 0.717) is 0 Å². The van der Waals surface area contributed by atoms with E-state index in [1.165, 1.54) is 0 Å². The van der Waals surface area contributed by atoms with Crippen molar-refractivity contribution in [1.29, 1.82) is 0 Å². The lowest BCUT2D eigenvalue weighted by Crippen LogP contribution is -2.44. The predicted molar refractivity (Wildman–Crippen MR) is 78.1 cm³/mol. The van der Waals surface area contributed by atoms with Crippen LogP contribution in [0.25, 0.3) is 0 Å². The molecule has 2 rings (SSSR count). The highest BCUT2D eigenvalue weighted by molar-refractivity contribution is 6.17. The standard InChI is InChI=1S/C15H20ClNO2/c1-12-15(18)17(11-7-3-2-6-10-16)13-8-4-5-9-14(13)19-12/h4-5,8-9,12H,2-3,6-7,10-11H2,1H3. The van der Waals surface area contributed by atoms with Crippen molar-refractivity contribution in [2.75, 3.05) is 17.3 Å². The van der Waals surface area contributed by atoms with Gasteiger partial charge in [0, 0.05) is 12.4 Å². The first-order valence-electron chi connectivity index (χ1n) is 6.87. The van der Waals surface area contributed by atoms with Crippen LogP contribution in [0.15, 0.2) is 24.3 Å². The Kier molecular flexibility index (Phi) is 5.08. The van der Waals surface area contributed by atoms with Crippen LogP contribution in [0.5, 0.6) is 5.75 Å². The van der Waals surface area contributed by atoms with Gasteiger partial charge < -0.3 is 9.64 Å². The number of halogens is 1. The van der Waals surface area contributed by atoms with Crippen LogP contribution in [0.1, 0.15) is 32.6 Å². The zero-order valence-corrected chi connectivity index (χ0v) is 12.0. The van der Waals surface area contributed by atoms with Gasteiger partial charge in [-0.1, -0.05) is 25.0 Å². The number of amides is 1. The lowest BCUT2D eigenvalue weighted by molar-refractivity contribution is -0.125. The molecule has 1 heterocycles. The SMILES string of the molecule is CC1Oc2ccccc2N(CCCCCCCl)C1=O. The van der Waals surface area contributed by atoms with E-state index in [-0.39, 0.29) is 5.91 Å². The molecule has 0 spiro atoms. The molecule has 1 atom stereocenters. The van der Waals surface area contributed by atoms with Gasteiger partial charge in [0.15, 0.2) is 6.10 Å². The molecule has 0 aliphatic carbocycles. The van der Waals surface area contributed by atoms with Gasteiger partial charge in [-0.05, 0) is 31.9 Å². The van der Waals surface area contributed by atoms with Gasteiger partial charge in [-0.25, -0.2) is 0 Å². The summed E-state index contributed by atoms with van der Waals surface area (Å²) in [7, 11) is 0. The van der Waals surface area contributed by atoms with E-state index in [1.807, 2.05) is 29.2 Å². The van der Waals surface area contributed by atoms with E-state index in [1.54, 1.807) is 6.92 Å². The van der Waals surface area contributed by atoms with Crippen LogP contribution >= 0.6 is 11.6 Å². The monoisotopic (exact) mass is 281 g/mol. The number of unbranched alkanes of at least 4 members (excludes halogenated alkanes) is 3. The summed E-state index contributed by atoms with van der Waals surface area (Å²) in [6.45, 7) is 2.56. The maximum Gasteiger partial charge on any atom is 0.267 e. The summed E-state index contributed by atoms with van der Waals surface area (Å²) < 4.78 is 5.61. The molecular weight excluding hydrogens is 262 g/mol. The van der Waals surface area contributed by atoms with Crippen LogP contribution in [-0.2, 0) is 4.79 Å². The minimum atomic E-state index is -0.391. The first-order chi connectivity index (χ1) is 9.24. The van der Waals surface area contributed by atoms with Crippen molar-refractivity contribution >= 4 is 23.2 Å². The quantitative estimate of drug-likeness (QED) is 0.589.